The van der Waals surface area contributed by atoms with Crippen molar-refractivity contribution in [2.45, 2.75) is 26.3 Å². The zero-order chi connectivity index (χ0) is 11.7. The molecule has 0 aliphatic carbocycles. The minimum Gasteiger partial charge on any atom is -0.477 e. The maximum absolute atomic E-state index is 10.8. The summed E-state index contributed by atoms with van der Waals surface area (Å²) in [6, 6.07) is 3.44. The van der Waals surface area contributed by atoms with E-state index in [1.807, 2.05) is 6.92 Å². The summed E-state index contributed by atoms with van der Waals surface area (Å²) in [5, 5.41) is 14.0. The standard InChI is InChI=1S/C11H13N3O2/c1-3-7(2)14-10-8(6-12-14)4-5-9(13-10)11(15)16/h4-7H,3H2,1-2H3,(H,15,16). The number of pyridine rings is 1. The highest BCUT2D eigenvalue weighted by Crippen LogP contribution is 2.18. The van der Waals surface area contributed by atoms with E-state index in [2.05, 4.69) is 17.0 Å². The predicted octanol–water partition coefficient (Wildman–Crippen LogP) is 2.10. The van der Waals surface area contributed by atoms with Gasteiger partial charge in [-0.1, -0.05) is 6.92 Å². The van der Waals surface area contributed by atoms with E-state index in [9.17, 15) is 4.79 Å². The molecule has 5 heteroatoms. The predicted molar refractivity (Wildman–Crippen MR) is 59.5 cm³/mol. The molecule has 0 saturated heterocycles. The lowest BCUT2D eigenvalue weighted by Gasteiger charge is -2.09. The molecule has 0 amide bonds. The van der Waals surface area contributed by atoms with Crippen molar-refractivity contribution in [3.8, 4) is 0 Å². The van der Waals surface area contributed by atoms with Gasteiger partial charge in [-0.15, -0.1) is 0 Å². The monoisotopic (exact) mass is 219 g/mol. The van der Waals surface area contributed by atoms with Crippen LogP contribution in [-0.2, 0) is 0 Å². The Morgan fingerprint density at radius 3 is 2.94 bits per heavy atom. The summed E-state index contributed by atoms with van der Waals surface area (Å²) in [6.07, 6.45) is 2.63. The second-order valence-electron chi connectivity index (χ2n) is 3.76. The van der Waals surface area contributed by atoms with Gasteiger partial charge in [0.1, 0.15) is 0 Å². The SMILES string of the molecule is CCC(C)n1ncc2ccc(C(=O)O)nc21. The molecule has 0 fully saturated rings. The van der Waals surface area contributed by atoms with E-state index in [1.54, 1.807) is 16.9 Å². The van der Waals surface area contributed by atoms with Gasteiger partial charge in [0.05, 0.1) is 12.2 Å². The van der Waals surface area contributed by atoms with Crippen LogP contribution in [0.4, 0.5) is 0 Å². The highest BCUT2D eigenvalue weighted by molar-refractivity contribution is 5.88. The maximum Gasteiger partial charge on any atom is 0.354 e. The average Bonchev–Trinajstić information content (AvgIpc) is 2.70. The fourth-order valence-electron chi connectivity index (χ4n) is 1.54. The molecule has 0 spiro atoms. The first-order valence-corrected chi connectivity index (χ1v) is 5.21. The lowest BCUT2D eigenvalue weighted by molar-refractivity contribution is 0.0691. The first kappa shape index (κ1) is 10.6. The number of carboxylic acids is 1. The highest BCUT2D eigenvalue weighted by Gasteiger charge is 2.12. The van der Waals surface area contributed by atoms with Crippen LogP contribution in [0.2, 0.25) is 0 Å². The summed E-state index contributed by atoms with van der Waals surface area (Å²) in [6.45, 7) is 4.08. The molecular weight excluding hydrogens is 206 g/mol. The summed E-state index contributed by atoms with van der Waals surface area (Å²) in [4.78, 5) is 14.9. The molecule has 2 aromatic rings. The molecule has 0 aliphatic rings. The molecule has 2 heterocycles. The molecular formula is C11H13N3O2. The molecule has 0 radical (unpaired) electrons. The van der Waals surface area contributed by atoms with Gasteiger partial charge in [0.15, 0.2) is 11.3 Å². The van der Waals surface area contributed by atoms with Gasteiger partial charge in [-0.2, -0.15) is 5.10 Å². The topological polar surface area (TPSA) is 68.0 Å². The van der Waals surface area contributed by atoms with Crippen molar-refractivity contribution in [1.82, 2.24) is 14.8 Å². The van der Waals surface area contributed by atoms with Crippen LogP contribution in [-0.4, -0.2) is 25.8 Å². The van der Waals surface area contributed by atoms with Crippen LogP contribution in [0.15, 0.2) is 18.3 Å². The largest absolute Gasteiger partial charge is 0.477 e. The smallest absolute Gasteiger partial charge is 0.354 e. The van der Waals surface area contributed by atoms with Crippen LogP contribution in [0.25, 0.3) is 11.0 Å². The van der Waals surface area contributed by atoms with E-state index in [-0.39, 0.29) is 11.7 Å². The van der Waals surface area contributed by atoms with Crippen molar-refractivity contribution in [2.24, 2.45) is 0 Å². The summed E-state index contributed by atoms with van der Waals surface area (Å²) in [7, 11) is 0. The van der Waals surface area contributed by atoms with Gasteiger partial charge in [0.25, 0.3) is 0 Å². The molecule has 2 rings (SSSR count). The third kappa shape index (κ3) is 1.64. The van der Waals surface area contributed by atoms with Crippen molar-refractivity contribution >= 4 is 17.0 Å². The normalized spacial score (nSPS) is 12.9. The molecule has 0 saturated carbocycles. The average molecular weight is 219 g/mol. The molecule has 84 valence electrons. The Labute approximate surface area is 92.7 Å². The maximum atomic E-state index is 10.8. The quantitative estimate of drug-likeness (QED) is 0.858. The lowest BCUT2D eigenvalue weighted by atomic mass is 10.2. The second-order valence-corrected chi connectivity index (χ2v) is 3.76. The van der Waals surface area contributed by atoms with E-state index in [1.165, 1.54) is 6.07 Å². The molecule has 2 aromatic heterocycles. The Bertz CT molecular complexity index is 533. The van der Waals surface area contributed by atoms with Crippen molar-refractivity contribution in [2.75, 3.05) is 0 Å². The van der Waals surface area contributed by atoms with Crippen LogP contribution >= 0.6 is 0 Å². The first-order valence-electron chi connectivity index (χ1n) is 5.21. The zero-order valence-corrected chi connectivity index (χ0v) is 9.21. The fourth-order valence-corrected chi connectivity index (χ4v) is 1.54. The van der Waals surface area contributed by atoms with Crippen LogP contribution in [0, 0.1) is 0 Å². The van der Waals surface area contributed by atoms with Crippen molar-refractivity contribution in [3.05, 3.63) is 24.0 Å². The Hall–Kier alpha value is -1.91. The number of rotatable bonds is 3. The van der Waals surface area contributed by atoms with E-state index in [0.29, 0.717) is 5.65 Å². The van der Waals surface area contributed by atoms with Crippen molar-refractivity contribution in [3.63, 3.8) is 0 Å². The third-order valence-electron chi connectivity index (χ3n) is 2.67. The summed E-state index contributed by atoms with van der Waals surface area (Å²) >= 11 is 0. The minimum absolute atomic E-state index is 0.0533. The van der Waals surface area contributed by atoms with Gasteiger partial charge >= 0.3 is 5.97 Å². The molecule has 16 heavy (non-hydrogen) atoms. The molecule has 1 N–H and O–H groups in total. The van der Waals surface area contributed by atoms with Crippen LogP contribution in [0.3, 0.4) is 0 Å². The molecule has 5 nitrogen and oxygen atoms in total. The Morgan fingerprint density at radius 1 is 1.56 bits per heavy atom. The van der Waals surface area contributed by atoms with E-state index in [4.69, 9.17) is 5.11 Å². The minimum atomic E-state index is -1.01. The van der Waals surface area contributed by atoms with Crippen molar-refractivity contribution in [1.29, 1.82) is 0 Å². The number of fused-ring (bicyclic) bond motifs is 1. The summed E-state index contributed by atoms with van der Waals surface area (Å²) in [5.41, 5.74) is 0.687. The molecule has 0 aliphatic heterocycles. The lowest BCUT2D eigenvalue weighted by Crippen LogP contribution is -2.08. The molecule has 0 aromatic carbocycles. The zero-order valence-electron chi connectivity index (χ0n) is 9.21. The van der Waals surface area contributed by atoms with E-state index in [0.717, 1.165) is 11.8 Å². The molecule has 1 atom stereocenters. The Balaban J connectivity index is 2.60. The number of aromatic nitrogens is 3. The Morgan fingerprint density at radius 2 is 2.31 bits per heavy atom. The van der Waals surface area contributed by atoms with Gasteiger partial charge in [0.2, 0.25) is 0 Å². The number of hydrogen-bond acceptors (Lipinski definition) is 3. The Kier molecular flexibility index (Phi) is 2.60. The van der Waals surface area contributed by atoms with Crippen LogP contribution in [0.1, 0.15) is 36.8 Å². The van der Waals surface area contributed by atoms with Crippen LogP contribution in [0.5, 0.6) is 0 Å². The van der Waals surface area contributed by atoms with Gasteiger partial charge < -0.3 is 5.11 Å². The number of carboxylic acid groups (broad SMARTS) is 1. The van der Waals surface area contributed by atoms with Gasteiger partial charge in [-0.05, 0) is 25.5 Å². The third-order valence-corrected chi connectivity index (χ3v) is 2.67. The number of aromatic carboxylic acids is 1. The van der Waals surface area contributed by atoms with Crippen molar-refractivity contribution < 1.29 is 9.90 Å². The highest BCUT2D eigenvalue weighted by atomic mass is 16.4. The van der Waals surface area contributed by atoms with Gasteiger partial charge in [-0.3, -0.25) is 0 Å². The fraction of sp³-hybridized carbons (Fsp3) is 0.364. The van der Waals surface area contributed by atoms with E-state index >= 15 is 0 Å². The number of hydrogen-bond donors (Lipinski definition) is 1. The second kappa shape index (κ2) is 3.92. The van der Waals surface area contributed by atoms with Gasteiger partial charge in [0, 0.05) is 5.39 Å². The molecule has 0 bridgehead atoms. The number of nitrogens with zero attached hydrogens (tertiary/aromatic N) is 3. The van der Waals surface area contributed by atoms with Crippen LogP contribution < -0.4 is 0 Å². The summed E-state index contributed by atoms with van der Waals surface area (Å²) in [5.74, 6) is -1.01. The number of carbonyl (C=O) groups is 1. The molecule has 1 unspecified atom stereocenters. The first-order chi connectivity index (χ1) is 7.63. The summed E-state index contributed by atoms with van der Waals surface area (Å²) < 4.78 is 1.77. The van der Waals surface area contributed by atoms with E-state index < -0.39 is 5.97 Å². The van der Waals surface area contributed by atoms with Gasteiger partial charge in [-0.25, -0.2) is 14.5 Å².